The molecule has 0 unspecified atom stereocenters. The maximum atomic E-state index is 9.54. The highest BCUT2D eigenvalue weighted by Crippen LogP contribution is 2.32. The lowest BCUT2D eigenvalue weighted by Crippen LogP contribution is -2.35. The summed E-state index contributed by atoms with van der Waals surface area (Å²) >= 11 is 0. The Morgan fingerprint density at radius 3 is 2.82 bits per heavy atom. The summed E-state index contributed by atoms with van der Waals surface area (Å²) in [5.41, 5.74) is 0.548. The molecule has 0 saturated carbocycles. The molecule has 0 fully saturated rings. The number of hydrogen-bond donors (Lipinski definition) is 2. The van der Waals surface area contributed by atoms with Gasteiger partial charge >= 0.3 is 0 Å². The third-order valence-corrected chi connectivity index (χ3v) is 2.59. The van der Waals surface area contributed by atoms with Crippen molar-refractivity contribution in [3.63, 3.8) is 0 Å². The van der Waals surface area contributed by atoms with Crippen LogP contribution in [0.3, 0.4) is 0 Å². The SMILES string of the molecule is CC(C)(O)CNCCc1ccc2c(c1)OCO2. The van der Waals surface area contributed by atoms with Crippen molar-refractivity contribution in [3.8, 4) is 11.5 Å². The maximum Gasteiger partial charge on any atom is 0.231 e. The molecular formula is C13H19NO3. The molecule has 4 heteroatoms. The first-order valence-electron chi connectivity index (χ1n) is 5.86. The van der Waals surface area contributed by atoms with Crippen molar-refractivity contribution in [3.05, 3.63) is 23.8 Å². The molecule has 4 nitrogen and oxygen atoms in total. The van der Waals surface area contributed by atoms with Crippen LogP contribution < -0.4 is 14.8 Å². The van der Waals surface area contributed by atoms with Crippen LogP contribution in [0.2, 0.25) is 0 Å². The molecule has 0 bridgehead atoms. The quantitative estimate of drug-likeness (QED) is 0.758. The van der Waals surface area contributed by atoms with Gasteiger partial charge in [-0.3, -0.25) is 0 Å². The smallest absolute Gasteiger partial charge is 0.231 e. The van der Waals surface area contributed by atoms with E-state index < -0.39 is 5.60 Å². The molecule has 0 saturated heterocycles. The number of hydrogen-bond acceptors (Lipinski definition) is 4. The summed E-state index contributed by atoms with van der Waals surface area (Å²) in [5, 5.41) is 12.8. The molecule has 1 heterocycles. The number of rotatable bonds is 5. The van der Waals surface area contributed by atoms with E-state index in [0.29, 0.717) is 13.3 Å². The van der Waals surface area contributed by atoms with Crippen LogP contribution in [0.1, 0.15) is 19.4 Å². The average molecular weight is 237 g/mol. The molecule has 0 aliphatic carbocycles. The van der Waals surface area contributed by atoms with Crippen LogP contribution in [0.25, 0.3) is 0 Å². The first-order valence-corrected chi connectivity index (χ1v) is 5.86. The second-order valence-corrected chi connectivity index (χ2v) is 4.93. The number of fused-ring (bicyclic) bond motifs is 1. The lowest BCUT2D eigenvalue weighted by Gasteiger charge is -2.17. The summed E-state index contributed by atoms with van der Waals surface area (Å²) in [6.07, 6.45) is 0.909. The van der Waals surface area contributed by atoms with Crippen LogP contribution in [0.15, 0.2) is 18.2 Å². The van der Waals surface area contributed by atoms with Gasteiger partial charge in [-0.15, -0.1) is 0 Å². The Bertz CT molecular complexity index is 385. The zero-order valence-corrected chi connectivity index (χ0v) is 10.3. The zero-order valence-electron chi connectivity index (χ0n) is 10.3. The van der Waals surface area contributed by atoms with Crippen molar-refractivity contribution in [2.75, 3.05) is 19.9 Å². The molecule has 1 aromatic rings. The van der Waals surface area contributed by atoms with Crippen molar-refractivity contribution < 1.29 is 14.6 Å². The topological polar surface area (TPSA) is 50.7 Å². The second-order valence-electron chi connectivity index (χ2n) is 4.93. The molecule has 94 valence electrons. The van der Waals surface area contributed by atoms with Gasteiger partial charge in [-0.05, 0) is 44.5 Å². The summed E-state index contributed by atoms with van der Waals surface area (Å²) < 4.78 is 10.6. The van der Waals surface area contributed by atoms with E-state index in [1.807, 2.05) is 18.2 Å². The Balaban J connectivity index is 1.80. The Kier molecular flexibility index (Phi) is 3.54. The normalized spacial score (nSPS) is 14.1. The number of aliphatic hydroxyl groups is 1. The molecular weight excluding hydrogens is 218 g/mol. The Morgan fingerprint density at radius 2 is 2.06 bits per heavy atom. The van der Waals surface area contributed by atoms with Gasteiger partial charge in [-0.1, -0.05) is 6.07 Å². The zero-order chi connectivity index (χ0) is 12.3. The molecule has 0 atom stereocenters. The van der Waals surface area contributed by atoms with Crippen molar-refractivity contribution >= 4 is 0 Å². The maximum absolute atomic E-state index is 9.54. The highest BCUT2D eigenvalue weighted by Gasteiger charge is 2.13. The minimum atomic E-state index is -0.658. The fourth-order valence-corrected chi connectivity index (χ4v) is 1.72. The van der Waals surface area contributed by atoms with E-state index in [4.69, 9.17) is 9.47 Å². The van der Waals surface area contributed by atoms with Gasteiger partial charge in [0.25, 0.3) is 0 Å². The van der Waals surface area contributed by atoms with E-state index in [1.165, 1.54) is 5.56 Å². The highest BCUT2D eigenvalue weighted by molar-refractivity contribution is 5.44. The van der Waals surface area contributed by atoms with Crippen molar-refractivity contribution in [1.29, 1.82) is 0 Å². The molecule has 1 aliphatic rings. The largest absolute Gasteiger partial charge is 0.454 e. The van der Waals surface area contributed by atoms with E-state index in [0.717, 1.165) is 24.5 Å². The predicted molar refractivity (Wildman–Crippen MR) is 65.4 cm³/mol. The number of ether oxygens (including phenoxy) is 2. The predicted octanol–water partition coefficient (Wildman–Crippen LogP) is 1.32. The van der Waals surface area contributed by atoms with Gasteiger partial charge < -0.3 is 19.9 Å². The number of nitrogens with one attached hydrogen (secondary N) is 1. The molecule has 2 rings (SSSR count). The molecule has 0 radical (unpaired) electrons. The summed E-state index contributed by atoms with van der Waals surface area (Å²) in [6.45, 7) is 5.33. The minimum absolute atomic E-state index is 0.315. The van der Waals surface area contributed by atoms with Crippen LogP contribution in [0.4, 0.5) is 0 Å². The van der Waals surface area contributed by atoms with Crippen molar-refractivity contribution in [2.45, 2.75) is 25.9 Å². The van der Waals surface area contributed by atoms with Crippen molar-refractivity contribution in [2.24, 2.45) is 0 Å². The Labute approximate surface area is 102 Å². The fraction of sp³-hybridized carbons (Fsp3) is 0.538. The van der Waals surface area contributed by atoms with Gasteiger partial charge in [0.15, 0.2) is 11.5 Å². The Hall–Kier alpha value is -1.26. The third-order valence-electron chi connectivity index (χ3n) is 2.59. The van der Waals surface area contributed by atoms with Crippen LogP contribution in [-0.4, -0.2) is 30.6 Å². The third kappa shape index (κ3) is 3.61. The van der Waals surface area contributed by atoms with E-state index in [1.54, 1.807) is 13.8 Å². The van der Waals surface area contributed by atoms with E-state index in [2.05, 4.69) is 5.32 Å². The van der Waals surface area contributed by atoms with Crippen LogP contribution in [0, 0.1) is 0 Å². The highest BCUT2D eigenvalue weighted by atomic mass is 16.7. The molecule has 1 aromatic carbocycles. The lowest BCUT2D eigenvalue weighted by atomic mass is 10.1. The van der Waals surface area contributed by atoms with Gasteiger partial charge in [0.05, 0.1) is 5.60 Å². The minimum Gasteiger partial charge on any atom is -0.454 e. The van der Waals surface area contributed by atoms with Crippen LogP contribution >= 0.6 is 0 Å². The summed E-state index contributed by atoms with van der Waals surface area (Å²) in [5.74, 6) is 1.64. The van der Waals surface area contributed by atoms with E-state index in [-0.39, 0.29) is 0 Å². The molecule has 0 aromatic heterocycles. The van der Waals surface area contributed by atoms with Gasteiger partial charge in [-0.25, -0.2) is 0 Å². The van der Waals surface area contributed by atoms with Gasteiger partial charge in [0, 0.05) is 6.54 Å². The van der Waals surface area contributed by atoms with Gasteiger partial charge in [0.2, 0.25) is 6.79 Å². The van der Waals surface area contributed by atoms with E-state index in [9.17, 15) is 5.11 Å². The summed E-state index contributed by atoms with van der Waals surface area (Å²) in [6, 6.07) is 5.99. The van der Waals surface area contributed by atoms with Gasteiger partial charge in [-0.2, -0.15) is 0 Å². The summed E-state index contributed by atoms with van der Waals surface area (Å²) in [7, 11) is 0. The standard InChI is InChI=1S/C13H19NO3/c1-13(2,15)8-14-6-5-10-3-4-11-12(7-10)17-9-16-11/h3-4,7,14-15H,5-6,8-9H2,1-2H3. The van der Waals surface area contributed by atoms with E-state index >= 15 is 0 Å². The first kappa shape index (κ1) is 12.2. The Morgan fingerprint density at radius 1 is 1.29 bits per heavy atom. The molecule has 17 heavy (non-hydrogen) atoms. The fourth-order valence-electron chi connectivity index (χ4n) is 1.72. The molecule has 0 amide bonds. The summed E-state index contributed by atoms with van der Waals surface area (Å²) in [4.78, 5) is 0. The molecule has 0 spiro atoms. The average Bonchev–Trinajstić information content (AvgIpc) is 2.70. The molecule has 2 N–H and O–H groups in total. The van der Waals surface area contributed by atoms with Gasteiger partial charge in [0.1, 0.15) is 0 Å². The van der Waals surface area contributed by atoms with Crippen molar-refractivity contribution in [1.82, 2.24) is 5.32 Å². The second kappa shape index (κ2) is 4.94. The number of benzene rings is 1. The lowest BCUT2D eigenvalue weighted by molar-refractivity contribution is 0.0801. The first-order chi connectivity index (χ1) is 8.04. The van der Waals surface area contributed by atoms with Crippen LogP contribution in [-0.2, 0) is 6.42 Å². The molecule has 1 aliphatic heterocycles. The van der Waals surface area contributed by atoms with Crippen LogP contribution in [0.5, 0.6) is 11.5 Å². The monoisotopic (exact) mass is 237 g/mol.